The molecule has 0 saturated carbocycles. The van der Waals surface area contributed by atoms with E-state index in [1.807, 2.05) is 20.8 Å². The summed E-state index contributed by atoms with van der Waals surface area (Å²) in [7, 11) is 0. The lowest BCUT2D eigenvalue weighted by Crippen LogP contribution is -2.24. The quantitative estimate of drug-likeness (QED) is 0.705. The number of halogens is 4. The lowest BCUT2D eigenvalue weighted by Gasteiger charge is -2.28. The molecule has 0 spiro atoms. The Kier molecular flexibility index (Phi) is 4.70. The Morgan fingerprint density at radius 1 is 1.22 bits per heavy atom. The maximum atomic E-state index is 12.3. The van der Waals surface area contributed by atoms with Crippen molar-refractivity contribution >= 4 is 15.9 Å². The first-order chi connectivity index (χ1) is 8.12. The van der Waals surface area contributed by atoms with E-state index in [-0.39, 0.29) is 10.6 Å². The first-order valence-electron chi connectivity index (χ1n) is 5.61. The maximum absolute atomic E-state index is 12.3. The average Bonchev–Trinajstić information content (AvgIpc) is 2.13. The van der Waals surface area contributed by atoms with Crippen LogP contribution >= 0.6 is 15.9 Å². The highest BCUT2D eigenvalue weighted by Crippen LogP contribution is 2.38. The molecular weight excluding hydrogens is 309 g/mol. The summed E-state index contributed by atoms with van der Waals surface area (Å²) in [5, 5.41) is 0. The molecular formula is C13H16BrF3O. The van der Waals surface area contributed by atoms with Crippen LogP contribution in [-0.2, 0) is 5.41 Å². The van der Waals surface area contributed by atoms with Gasteiger partial charge in [0.25, 0.3) is 0 Å². The van der Waals surface area contributed by atoms with E-state index in [1.54, 1.807) is 12.1 Å². The third kappa shape index (κ3) is 4.52. The van der Waals surface area contributed by atoms with Crippen molar-refractivity contribution < 1.29 is 17.9 Å². The third-order valence-corrected chi connectivity index (χ3v) is 2.96. The Balaban J connectivity index is 3.08. The van der Waals surface area contributed by atoms with Crippen LogP contribution in [0.2, 0.25) is 0 Å². The molecule has 0 fully saturated rings. The molecule has 0 aliphatic carbocycles. The van der Waals surface area contributed by atoms with Gasteiger partial charge < -0.3 is 4.74 Å². The van der Waals surface area contributed by atoms with E-state index in [4.69, 9.17) is 0 Å². The van der Waals surface area contributed by atoms with Crippen molar-refractivity contribution in [1.82, 2.24) is 0 Å². The SMILES string of the molecule is CC(Br)CC(C)(C)c1ccccc1OC(F)(F)F. The van der Waals surface area contributed by atoms with Crippen molar-refractivity contribution in [3.05, 3.63) is 29.8 Å². The first kappa shape index (κ1) is 15.3. The van der Waals surface area contributed by atoms with Gasteiger partial charge in [-0.15, -0.1) is 13.2 Å². The van der Waals surface area contributed by atoms with Gasteiger partial charge in [0.05, 0.1) is 0 Å². The Morgan fingerprint density at radius 2 is 1.78 bits per heavy atom. The molecule has 1 atom stereocenters. The second-order valence-corrected chi connectivity index (χ2v) is 6.48. The topological polar surface area (TPSA) is 9.23 Å². The molecule has 0 N–H and O–H groups in total. The summed E-state index contributed by atoms with van der Waals surface area (Å²) in [6.45, 7) is 5.78. The molecule has 1 nitrogen and oxygen atoms in total. The summed E-state index contributed by atoms with van der Waals surface area (Å²) in [6.07, 6.45) is -3.95. The molecule has 0 heterocycles. The smallest absolute Gasteiger partial charge is 0.405 e. The fraction of sp³-hybridized carbons (Fsp3) is 0.538. The molecule has 5 heteroatoms. The second-order valence-electron chi connectivity index (χ2n) is 4.91. The average molecular weight is 325 g/mol. The lowest BCUT2D eigenvalue weighted by molar-refractivity contribution is -0.275. The standard InChI is InChI=1S/C13H16BrF3O/c1-9(14)8-12(2,3)10-6-4-5-7-11(10)18-13(15,16)17/h4-7,9H,8H2,1-3H3. The van der Waals surface area contributed by atoms with E-state index >= 15 is 0 Å². The Morgan fingerprint density at radius 3 is 2.28 bits per heavy atom. The molecule has 0 saturated heterocycles. The summed E-state index contributed by atoms with van der Waals surface area (Å²) in [5.41, 5.74) is 0.165. The van der Waals surface area contributed by atoms with Crippen LogP contribution in [0.3, 0.4) is 0 Å². The van der Waals surface area contributed by atoms with Gasteiger partial charge in [0.1, 0.15) is 5.75 Å². The van der Waals surface area contributed by atoms with Gasteiger partial charge in [-0.3, -0.25) is 0 Å². The minimum Gasteiger partial charge on any atom is -0.405 e. The second kappa shape index (κ2) is 5.51. The van der Waals surface area contributed by atoms with Crippen LogP contribution in [0.25, 0.3) is 0 Å². The zero-order chi connectivity index (χ0) is 14.0. The van der Waals surface area contributed by atoms with Crippen LogP contribution < -0.4 is 4.74 Å². The van der Waals surface area contributed by atoms with Gasteiger partial charge in [0.15, 0.2) is 0 Å². The van der Waals surface area contributed by atoms with Gasteiger partial charge in [-0.05, 0) is 17.9 Å². The first-order valence-corrected chi connectivity index (χ1v) is 6.53. The van der Waals surface area contributed by atoms with Crippen LogP contribution in [-0.4, -0.2) is 11.2 Å². The van der Waals surface area contributed by atoms with Crippen LogP contribution in [0.5, 0.6) is 5.75 Å². The van der Waals surface area contributed by atoms with Crippen molar-refractivity contribution in [2.24, 2.45) is 0 Å². The predicted octanol–water partition coefficient (Wildman–Crippen LogP) is 5.04. The minimum absolute atomic E-state index is 0.122. The van der Waals surface area contributed by atoms with Crippen molar-refractivity contribution in [2.75, 3.05) is 0 Å². The Hall–Kier alpha value is -0.710. The van der Waals surface area contributed by atoms with Gasteiger partial charge in [-0.2, -0.15) is 0 Å². The molecule has 1 aromatic carbocycles. The van der Waals surface area contributed by atoms with Crippen LogP contribution in [0, 0.1) is 0 Å². The van der Waals surface area contributed by atoms with Crippen molar-refractivity contribution in [1.29, 1.82) is 0 Å². The van der Waals surface area contributed by atoms with Gasteiger partial charge in [-0.25, -0.2) is 0 Å². The van der Waals surface area contributed by atoms with Gasteiger partial charge in [0.2, 0.25) is 0 Å². The van der Waals surface area contributed by atoms with E-state index in [0.717, 1.165) is 0 Å². The number of benzene rings is 1. The zero-order valence-corrected chi connectivity index (χ0v) is 12.1. The van der Waals surface area contributed by atoms with E-state index in [9.17, 15) is 13.2 Å². The van der Waals surface area contributed by atoms with Crippen LogP contribution in [0.4, 0.5) is 13.2 Å². The molecule has 102 valence electrons. The largest absolute Gasteiger partial charge is 0.573 e. The van der Waals surface area contributed by atoms with E-state index in [1.165, 1.54) is 12.1 Å². The number of rotatable bonds is 4. The van der Waals surface area contributed by atoms with Crippen molar-refractivity contribution in [3.8, 4) is 5.75 Å². The minimum atomic E-state index is -4.66. The molecule has 18 heavy (non-hydrogen) atoms. The summed E-state index contributed by atoms with van der Waals surface area (Å²) >= 11 is 3.43. The molecule has 1 rings (SSSR count). The molecule has 0 amide bonds. The molecule has 1 aromatic rings. The fourth-order valence-corrected chi connectivity index (χ4v) is 2.86. The highest BCUT2D eigenvalue weighted by molar-refractivity contribution is 9.09. The molecule has 0 bridgehead atoms. The summed E-state index contributed by atoms with van der Waals surface area (Å²) < 4.78 is 41.1. The van der Waals surface area contributed by atoms with Gasteiger partial charge >= 0.3 is 6.36 Å². The summed E-state index contributed by atoms with van der Waals surface area (Å²) in [5.74, 6) is -0.122. The number of hydrogen-bond acceptors (Lipinski definition) is 1. The molecule has 1 unspecified atom stereocenters. The number of alkyl halides is 4. The number of ether oxygens (including phenoxy) is 1. The van der Waals surface area contributed by atoms with Crippen molar-refractivity contribution in [3.63, 3.8) is 0 Å². The molecule has 0 aromatic heterocycles. The van der Waals surface area contributed by atoms with E-state index in [0.29, 0.717) is 12.0 Å². The third-order valence-electron chi connectivity index (χ3n) is 2.63. The normalized spacial score (nSPS) is 14.4. The van der Waals surface area contributed by atoms with Crippen LogP contribution in [0.1, 0.15) is 32.8 Å². The molecule has 0 radical (unpaired) electrons. The molecule has 0 aliphatic heterocycles. The van der Waals surface area contributed by atoms with Gasteiger partial charge in [0, 0.05) is 10.4 Å². The van der Waals surface area contributed by atoms with E-state index < -0.39 is 11.8 Å². The lowest BCUT2D eigenvalue weighted by atomic mass is 9.80. The Bertz CT molecular complexity index is 399. The monoisotopic (exact) mass is 324 g/mol. The van der Waals surface area contributed by atoms with Crippen LogP contribution in [0.15, 0.2) is 24.3 Å². The number of hydrogen-bond donors (Lipinski definition) is 0. The highest BCUT2D eigenvalue weighted by Gasteiger charge is 2.34. The predicted molar refractivity (Wildman–Crippen MR) is 69.2 cm³/mol. The summed E-state index contributed by atoms with van der Waals surface area (Å²) in [4.78, 5) is 0.214. The van der Waals surface area contributed by atoms with Crippen molar-refractivity contribution in [2.45, 2.75) is 43.8 Å². The van der Waals surface area contributed by atoms with Gasteiger partial charge in [-0.1, -0.05) is 54.9 Å². The Labute approximate surface area is 113 Å². The fourth-order valence-electron chi connectivity index (χ4n) is 2.05. The zero-order valence-electron chi connectivity index (χ0n) is 10.5. The summed E-state index contributed by atoms with van der Waals surface area (Å²) in [6, 6.07) is 6.29. The molecule has 0 aliphatic rings. The highest BCUT2D eigenvalue weighted by atomic mass is 79.9. The number of para-hydroxylation sites is 1. The van der Waals surface area contributed by atoms with E-state index in [2.05, 4.69) is 20.7 Å². The maximum Gasteiger partial charge on any atom is 0.573 e.